The van der Waals surface area contributed by atoms with Gasteiger partial charge in [-0.15, -0.1) is 11.3 Å². The summed E-state index contributed by atoms with van der Waals surface area (Å²) < 4.78 is 13.6. The minimum Gasteiger partial charge on any atom is -0.207 e. The molecule has 2 aromatic rings. The summed E-state index contributed by atoms with van der Waals surface area (Å²) >= 11 is 4.91. The molecule has 1 aromatic heterocycles. The van der Waals surface area contributed by atoms with Crippen LogP contribution in [0.4, 0.5) is 4.39 Å². The molecule has 0 saturated heterocycles. The van der Waals surface area contributed by atoms with Crippen LogP contribution in [0.3, 0.4) is 0 Å². The van der Waals surface area contributed by atoms with Crippen molar-refractivity contribution in [1.29, 1.82) is 0 Å². The van der Waals surface area contributed by atoms with E-state index < -0.39 is 0 Å². The van der Waals surface area contributed by atoms with E-state index in [9.17, 15) is 4.39 Å². The van der Waals surface area contributed by atoms with Crippen molar-refractivity contribution in [2.75, 3.05) is 0 Å². The Morgan fingerprint density at radius 2 is 1.92 bits per heavy atom. The Hall–Kier alpha value is -0.670. The van der Waals surface area contributed by atoms with Crippen LogP contribution in [0.2, 0.25) is 0 Å². The van der Waals surface area contributed by atoms with Crippen molar-refractivity contribution >= 4 is 27.3 Å². The molecular formula is C10H5BrFS. The maximum absolute atomic E-state index is 12.6. The van der Waals surface area contributed by atoms with Gasteiger partial charge in [0, 0.05) is 15.4 Å². The van der Waals surface area contributed by atoms with Crippen molar-refractivity contribution < 1.29 is 4.39 Å². The molecule has 0 saturated carbocycles. The number of halogens is 2. The molecule has 2 rings (SSSR count). The van der Waals surface area contributed by atoms with Gasteiger partial charge in [-0.2, -0.15) is 0 Å². The Morgan fingerprint density at radius 3 is 2.46 bits per heavy atom. The van der Waals surface area contributed by atoms with E-state index in [2.05, 4.69) is 21.3 Å². The molecule has 0 spiro atoms. The molecule has 1 heterocycles. The second-order valence-electron chi connectivity index (χ2n) is 2.57. The van der Waals surface area contributed by atoms with Crippen LogP contribution in [0.15, 0.2) is 34.1 Å². The predicted molar refractivity (Wildman–Crippen MR) is 56.2 cm³/mol. The topological polar surface area (TPSA) is 0 Å². The maximum atomic E-state index is 12.6. The molecule has 13 heavy (non-hydrogen) atoms. The second-order valence-corrected chi connectivity index (χ2v) is 4.10. The summed E-state index contributed by atoms with van der Waals surface area (Å²) in [6.07, 6.45) is 0. The number of hydrogen-bond donors (Lipinski definition) is 0. The quantitative estimate of drug-likeness (QED) is 0.720. The zero-order chi connectivity index (χ0) is 9.26. The zero-order valence-corrected chi connectivity index (χ0v) is 8.95. The molecule has 0 amide bonds. The van der Waals surface area contributed by atoms with Crippen molar-refractivity contribution in [1.82, 2.24) is 0 Å². The van der Waals surface area contributed by atoms with Gasteiger partial charge in [0.25, 0.3) is 0 Å². The van der Waals surface area contributed by atoms with Gasteiger partial charge < -0.3 is 0 Å². The minimum atomic E-state index is -0.213. The van der Waals surface area contributed by atoms with Gasteiger partial charge in [-0.25, -0.2) is 4.39 Å². The number of thiophene rings is 1. The lowest BCUT2D eigenvalue weighted by atomic mass is 10.1. The van der Waals surface area contributed by atoms with Crippen molar-refractivity contribution in [2.24, 2.45) is 0 Å². The van der Waals surface area contributed by atoms with Crippen LogP contribution < -0.4 is 0 Å². The molecule has 0 bridgehead atoms. The molecule has 0 aliphatic heterocycles. The van der Waals surface area contributed by atoms with E-state index in [-0.39, 0.29) is 5.82 Å². The summed E-state index contributed by atoms with van der Waals surface area (Å²) in [5.41, 5.74) is 1.97. The van der Waals surface area contributed by atoms with Crippen LogP contribution >= 0.6 is 27.3 Å². The standard InChI is InChI=1S/C10H5BrFS/c11-10-6-13-5-9(10)7-1-3-8(12)4-2-7/h1-4,6H. The van der Waals surface area contributed by atoms with E-state index >= 15 is 0 Å². The molecule has 3 heteroatoms. The van der Waals surface area contributed by atoms with E-state index in [1.54, 1.807) is 12.1 Å². The highest BCUT2D eigenvalue weighted by atomic mass is 79.9. The van der Waals surface area contributed by atoms with Crippen LogP contribution in [0.5, 0.6) is 0 Å². The normalized spacial score (nSPS) is 10.3. The first-order valence-corrected chi connectivity index (χ1v) is 5.35. The van der Waals surface area contributed by atoms with Crippen molar-refractivity contribution in [3.05, 3.63) is 45.3 Å². The second kappa shape index (κ2) is 3.60. The van der Waals surface area contributed by atoms with Gasteiger partial charge in [0.15, 0.2) is 0 Å². The summed E-state index contributed by atoms with van der Waals surface area (Å²) in [7, 11) is 0. The highest BCUT2D eigenvalue weighted by Gasteiger charge is 2.03. The smallest absolute Gasteiger partial charge is 0.123 e. The van der Waals surface area contributed by atoms with Crippen molar-refractivity contribution in [3.8, 4) is 11.1 Å². The Labute approximate surface area is 88.2 Å². The maximum Gasteiger partial charge on any atom is 0.123 e. The molecule has 0 fully saturated rings. The summed E-state index contributed by atoms with van der Waals surface area (Å²) in [4.78, 5) is 0. The average Bonchev–Trinajstić information content (AvgIpc) is 2.53. The average molecular weight is 256 g/mol. The fourth-order valence-corrected chi connectivity index (χ4v) is 2.43. The molecular weight excluding hydrogens is 251 g/mol. The third kappa shape index (κ3) is 1.81. The first-order chi connectivity index (χ1) is 6.27. The van der Waals surface area contributed by atoms with Gasteiger partial charge in [-0.1, -0.05) is 12.1 Å². The Balaban J connectivity index is 2.47. The molecule has 1 radical (unpaired) electrons. The first-order valence-electron chi connectivity index (χ1n) is 3.68. The van der Waals surface area contributed by atoms with Crippen LogP contribution in [0, 0.1) is 11.2 Å². The highest BCUT2D eigenvalue weighted by Crippen LogP contribution is 2.30. The lowest BCUT2D eigenvalue weighted by molar-refractivity contribution is 0.628. The van der Waals surface area contributed by atoms with E-state index in [1.165, 1.54) is 23.5 Å². The van der Waals surface area contributed by atoms with Gasteiger partial charge in [-0.3, -0.25) is 0 Å². The minimum absolute atomic E-state index is 0.213. The lowest BCUT2D eigenvalue weighted by Crippen LogP contribution is -1.76. The highest BCUT2D eigenvalue weighted by molar-refractivity contribution is 9.10. The van der Waals surface area contributed by atoms with Crippen molar-refractivity contribution in [2.45, 2.75) is 0 Å². The van der Waals surface area contributed by atoms with E-state index in [0.717, 1.165) is 15.6 Å². The van der Waals surface area contributed by atoms with Gasteiger partial charge in [0.1, 0.15) is 5.82 Å². The fraction of sp³-hybridized carbons (Fsp3) is 0. The third-order valence-corrected chi connectivity index (χ3v) is 3.30. The van der Waals surface area contributed by atoms with Crippen LogP contribution in [-0.2, 0) is 0 Å². The van der Waals surface area contributed by atoms with Gasteiger partial charge in [0.2, 0.25) is 0 Å². The predicted octanol–water partition coefficient (Wildman–Crippen LogP) is 4.12. The van der Waals surface area contributed by atoms with E-state index in [1.807, 2.05) is 5.38 Å². The van der Waals surface area contributed by atoms with Gasteiger partial charge in [-0.05, 0) is 33.6 Å². The fourth-order valence-electron chi connectivity index (χ4n) is 1.06. The SMILES string of the molecule is Fc1ccc(-c2[c]scc2Br)cc1. The zero-order valence-electron chi connectivity index (χ0n) is 6.55. The van der Waals surface area contributed by atoms with E-state index in [4.69, 9.17) is 0 Å². The number of hydrogen-bond acceptors (Lipinski definition) is 1. The molecule has 65 valence electrons. The Kier molecular flexibility index (Phi) is 2.47. The molecule has 0 aliphatic carbocycles. The summed E-state index contributed by atoms with van der Waals surface area (Å²) in [6, 6.07) is 6.40. The van der Waals surface area contributed by atoms with Crippen LogP contribution in [-0.4, -0.2) is 0 Å². The molecule has 0 N–H and O–H groups in total. The third-order valence-electron chi connectivity index (χ3n) is 1.70. The molecule has 0 aliphatic rings. The molecule has 0 nitrogen and oxygen atoms in total. The van der Waals surface area contributed by atoms with Crippen molar-refractivity contribution in [3.63, 3.8) is 0 Å². The number of rotatable bonds is 1. The van der Waals surface area contributed by atoms with Gasteiger partial charge >= 0.3 is 0 Å². The summed E-state index contributed by atoms with van der Waals surface area (Å²) in [5.74, 6) is -0.213. The van der Waals surface area contributed by atoms with Crippen LogP contribution in [0.1, 0.15) is 0 Å². The summed E-state index contributed by atoms with van der Waals surface area (Å²) in [5, 5.41) is 5.07. The van der Waals surface area contributed by atoms with Crippen LogP contribution in [0.25, 0.3) is 11.1 Å². The molecule has 0 atom stereocenters. The Morgan fingerprint density at radius 1 is 1.23 bits per heavy atom. The summed E-state index contributed by atoms with van der Waals surface area (Å²) in [6.45, 7) is 0. The monoisotopic (exact) mass is 255 g/mol. The first kappa shape index (κ1) is 8.91. The van der Waals surface area contributed by atoms with E-state index in [0.29, 0.717) is 0 Å². The van der Waals surface area contributed by atoms with Gasteiger partial charge in [0.05, 0.1) is 5.38 Å². The Bertz CT molecular complexity index is 405. The number of benzene rings is 1. The largest absolute Gasteiger partial charge is 0.207 e. The molecule has 1 aromatic carbocycles. The molecule has 0 unspecified atom stereocenters. The lowest BCUT2D eigenvalue weighted by Gasteiger charge is -1.97.